The van der Waals surface area contributed by atoms with E-state index in [0.717, 1.165) is 12.4 Å². The van der Waals surface area contributed by atoms with Crippen molar-refractivity contribution in [1.82, 2.24) is 19.9 Å². The van der Waals surface area contributed by atoms with Crippen molar-refractivity contribution in [1.29, 1.82) is 0 Å². The molecule has 3 aromatic rings. The highest BCUT2D eigenvalue weighted by molar-refractivity contribution is 6.08. The summed E-state index contributed by atoms with van der Waals surface area (Å²) in [7, 11) is 0. The van der Waals surface area contributed by atoms with E-state index in [4.69, 9.17) is 18.9 Å². The molecular formula is C38H46F4N6O8. The molecule has 0 aliphatic carbocycles. The monoisotopic (exact) mass is 790 g/mol. The van der Waals surface area contributed by atoms with Crippen molar-refractivity contribution >= 4 is 35.8 Å². The number of benzene rings is 1. The van der Waals surface area contributed by atoms with E-state index >= 15 is 4.39 Å². The lowest BCUT2D eigenvalue weighted by Gasteiger charge is -2.33. The number of hydrogen-bond donors (Lipinski definition) is 1. The van der Waals surface area contributed by atoms with E-state index in [9.17, 15) is 32.3 Å². The van der Waals surface area contributed by atoms with Gasteiger partial charge in [-0.15, -0.1) is 4.90 Å². The molecule has 0 radical (unpaired) electrons. The molecule has 4 rings (SSSR count). The number of carbonyl (C=O) groups is 4. The van der Waals surface area contributed by atoms with Gasteiger partial charge in [-0.3, -0.25) is 4.79 Å². The van der Waals surface area contributed by atoms with E-state index in [1.165, 1.54) is 35.2 Å². The highest BCUT2D eigenvalue weighted by atomic mass is 19.4. The molecule has 0 unspecified atom stereocenters. The van der Waals surface area contributed by atoms with Crippen molar-refractivity contribution < 1.29 is 55.7 Å². The summed E-state index contributed by atoms with van der Waals surface area (Å²) in [5, 5.41) is 2.61. The standard InChI is InChI=1S/C38H46F4N6O8/c1-35(2,3)54-32(50)47-16-10-11-23(20-47)30(49)46-27-17-26(22-12-14-25(15-13-22)53-21-38(40,41)42)45-29(28(27)39)24-18-43-31(44-19-24)48(33(51)55-36(4,5)6)34(52)56-37(7,8)9/h12-15,17-19,23H,10-11,16,20-21H2,1-9H3,(H,45,46,49)/t23-/m1/s1. The summed E-state index contributed by atoms with van der Waals surface area (Å²) < 4.78 is 75.6. The van der Waals surface area contributed by atoms with E-state index in [1.54, 1.807) is 62.3 Å². The fourth-order valence-corrected chi connectivity index (χ4v) is 5.18. The highest BCUT2D eigenvalue weighted by Gasteiger charge is 2.36. The van der Waals surface area contributed by atoms with Crippen molar-refractivity contribution in [2.45, 2.75) is 98.1 Å². The predicted octanol–water partition coefficient (Wildman–Crippen LogP) is 8.55. The molecule has 0 saturated carbocycles. The number of hydrogen-bond acceptors (Lipinski definition) is 11. The first-order valence-corrected chi connectivity index (χ1v) is 17.7. The molecule has 1 aromatic carbocycles. The molecule has 56 heavy (non-hydrogen) atoms. The van der Waals surface area contributed by atoms with Crippen LogP contribution in [-0.4, -0.2) is 86.7 Å². The number of likely N-dealkylation sites (tertiary alicyclic amines) is 1. The van der Waals surface area contributed by atoms with Gasteiger partial charge < -0.3 is 29.2 Å². The molecule has 1 aliphatic rings. The topological polar surface area (TPSA) is 162 Å². The summed E-state index contributed by atoms with van der Waals surface area (Å²) in [5.41, 5.74) is -3.10. The molecule has 1 N–H and O–H groups in total. The van der Waals surface area contributed by atoms with Crippen LogP contribution in [0.4, 0.5) is 43.6 Å². The number of alkyl halides is 3. The third kappa shape index (κ3) is 12.5. The van der Waals surface area contributed by atoms with Crippen molar-refractivity contribution in [3.63, 3.8) is 0 Å². The molecule has 0 spiro atoms. The molecule has 304 valence electrons. The van der Waals surface area contributed by atoms with Crippen LogP contribution in [0.1, 0.15) is 75.2 Å². The summed E-state index contributed by atoms with van der Waals surface area (Å²) in [5.74, 6) is -2.86. The van der Waals surface area contributed by atoms with Crippen LogP contribution in [0.2, 0.25) is 0 Å². The van der Waals surface area contributed by atoms with Crippen LogP contribution in [0.3, 0.4) is 0 Å². The van der Waals surface area contributed by atoms with E-state index in [2.05, 4.69) is 20.3 Å². The van der Waals surface area contributed by atoms with Crippen LogP contribution in [-0.2, 0) is 19.0 Å². The zero-order valence-electron chi connectivity index (χ0n) is 32.7. The molecule has 0 bridgehead atoms. The van der Waals surface area contributed by atoms with Crippen molar-refractivity contribution in [3.8, 4) is 28.3 Å². The number of ether oxygens (including phenoxy) is 4. The molecule has 1 aliphatic heterocycles. The Balaban J connectivity index is 1.73. The summed E-state index contributed by atoms with van der Waals surface area (Å²) >= 11 is 0. The largest absolute Gasteiger partial charge is 0.484 e. The van der Waals surface area contributed by atoms with Crippen LogP contribution < -0.4 is 15.0 Å². The normalized spacial score (nSPS) is 15.1. The number of carbonyl (C=O) groups excluding carboxylic acids is 4. The second kappa shape index (κ2) is 16.7. The predicted molar refractivity (Wildman–Crippen MR) is 196 cm³/mol. The van der Waals surface area contributed by atoms with Gasteiger partial charge in [0.15, 0.2) is 12.4 Å². The summed E-state index contributed by atoms with van der Waals surface area (Å²) in [4.78, 5) is 67.2. The molecule has 18 heteroatoms. The van der Waals surface area contributed by atoms with Crippen molar-refractivity contribution in [3.05, 3.63) is 48.5 Å². The van der Waals surface area contributed by atoms with E-state index in [-0.39, 0.29) is 34.9 Å². The molecular weight excluding hydrogens is 744 g/mol. The number of rotatable bonds is 7. The third-order valence-electron chi connectivity index (χ3n) is 7.48. The number of aromatic nitrogens is 3. The van der Waals surface area contributed by atoms with Crippen LogP contribution >= 0.6 is 0 Å². The Bertz CT molecular complexity index is 1880. The Hall–Kier alpha value is -5.55. The minimum absolute atomic E-state index is 0.0215. The van der Waals surface area contributed by atoms with Crippen LogP contribution in [0.15, 0.2) is 42.7 Å². The second-order valence-corrected chi connectivity index (χ2v) is 16.0. The fraction of sp³-hybridized carbons (Fsp3) is 0.500. The number of halogens is 4. The van der Waals surface area contributed by atoms with Gasteiger partial charge in [0, 0.05) is 36.6 Å². The molecule has 2 aromatic heterocycles. The zero-order valence-corrected chi connectivity index (χ0v) is 32.7. The van der Waals surface area contributed by atoms with Crippen molar-refractivity contribution in [2.75, 3.05) is 29.9 Å². The van der Waals surface area contributed by atoms with Crippen LogP contribution in [0.5, 0.6) is 5.75 Å². The molecule has 1 saturated heterocycles. The van der Waals surface area contributed by atoms with Gasteiger partial charge in [-0.1, -0.05) is 0 Å². The number of anilines is 2. The lowest BCUT2D eigenvalue weighted by Crippen LogP contribution is -2.45. The quantitative estimate of drug-likeness (QED) is 0.180. The lowest BCUT2D eigenvalue weighted by molar-refractivity contribution is -0.153. The highest BCUT2D eigenvalue weighted by Crippen LogP contribution is 2.33. The second-order valence-electron chi connectivity index (χ2n) is 16.0. The Morgan fingerprint density at radius 3 is 1.91 bits per heavy atom. The fourth-order valence-electron chi connectivity index (χ4n) is 5.18. The van der Waals surface area contributed by atoms with Gasteiger partial charge in [-0.25, -0.2) is 33.7 Å². The van der Waals surface area contributed by atoms with Gasteiger partial charge >= 0.3 is 24.5 Å². The molecule has 3 heterocycles. The maximum Gasteiger partial charge on any atom is 0.427 e. The van der Waals surface area contributed by atoms with Crippen LogP contribution in [0.25, 0.3) is 22.5 Å². The number of nitrogens with one attached hydrogen (secondary N) is 1. The minimum atomic E-state index is -4.56. The van der Waals surface area contributed by atoms with Gasteiger partial charge in [0.25, 0.3) is 0 Å². The number of imide groups is 1. The van der Waals surface area contributed by atoms with Gasteiger partial charge in [0.05, 0.1) is 17.3 Å². The van der Waals surface area contributed by atoms with Crippen molar-refractivity contribution in [2.24, 2.45) is 5.92 Å². The number of pyridine rings is 1. The number of amides is 4. The first kappa shape index (κ1) is 43.2. The van der Waals surface area contributed by atoms with Gasteiger partial charge in [0.1, 0.15) is 28.2 Å². The maximum atomic E-state index is 16.4. The smallest absolute Gasteiger partial charge is 0.427 e. The number of nitrogens with zero attached hydrogens (tertiary/aromatic N) is 5. The molecule has 1 fully saturated rings. The molecule has 4 amide bonds. The van der Waals surface area contributed by atoms with Gasteiger partial charge in [0.2, 0.25) is 11.9 Å². The average molecular weight is 791 g/mol. The summed E-state index contributed by atoms with van der Waals surface area (Å²) in [6.45, 7) is 13.6. The zero-order chi connectivity index (χ0) is 41.8. The Kier molecular flexibility index (Phi) is 12.9. The van der Waals surface area contributed by atoms with Gasteiger partial charge in [-0.2, -0.15) is 13.2 Å². The lowest BCUT2D eigenvalue weighted by atomic mass is 9.97. The minimum Gasteiger partial charge on any atom is -0.484 e. The van der Waals surface area contributed by atoms with Crippen LogP contribution in [0, 0.1) is 11.7 Å². The Labute approximate surface area is 321 Å². The summed E-state index contributed by atoms with van der Waals surface area (Å²) in [6, 6.07) is 6.60. The Morgan fingerprint density at radius 2 is 1.39 bits per heavy atom. The molecule has 14 nitrogen and oxygen atoms in total. The first-order valence-electron chi connectivity index (χ1n) is 17.7. The van der Waals surface area contributed by atoms with E-state index < -0.39 is 71.5 Å². The first-order chi connectivity index (χ1) is 25.8. The SMILES string of the molecule is CC(C)(C)OC(=O)N1CCC[C@@H](C(=O)Nc2cc(-c3ccc(OCC(F)(F)F)cc3)nc(-c3cnc(N(C(=O)OC(C)(C)C)C(=O)OC(C)(C)C)nc3)c2F)C1. The van der Waals surface area contributed by atoms with Gasteiger partial charge in [-0.05, 0) is 105 Å². The third-order valence-corrected chi connectivity index (χ3v) is 7.48. The maximum absolute atomic E-state index is 16.4. The summed E-state index contributed by atoms with van der Waals surface area (Å²) in [6.07, 6.45) is -4.33. The Morgan fingerprint density at radius 1 is 0.839 bits per heavy atom. The molecule has 1 atom stereocenters. The van der Waals surface area contributed by atoms with E-state index in [1.807, 2.05) is 0 Å². The average Bonchev–Trinajstić information content (AvgIpc) is 3.06. The van der Waals surface area contributed by atoms with E-state index in [0.29, 0.717) is 29.8 Å². The number of piperidine rings is 1.